The van der Waals surface area contributed by atoms with Gasteiger partial charge in [0.1, 0.15) is 12.4 Å². The molecule has 0 bridgehead atoms. The van der Waals surface area contributed by atoms with Gasteiger partial charge in [0.25, 0.3) is 0 Å². The zero-order chi connectivity index (χ0) is 10.8. The fourth-order valence-corrected chi connectivity index (χ4v) is 1.71. The van der Waals surface area contributed by atoms with Crippen LogP contribution in [0.15, 0.2) is 24.3 Å². The number of amides is 1. The van der Waals surface area contributed by atoms with Gasteiger partial charge in [-0.2, -0.15) is 0 Å². The third-order valence-corrected chi connectivity index (χ3v) is 2.49. The normalized spacial score (nSPS) is 14.7. The largest absolute Gasteiger partial charge is 0.490 e. The SMILES string of the molecule is CC(C)C(=O)N1CCOc2ccccc21. The Labute approximate surface area is 89.7 Å². The Balaban J connectivity index is 2.34. The third kappa shape index (κ3) is 1.82. The Morgan fingerprint density at radius 1 is 1.40 bits per heavy atom. The molecular weight excluding hydrogens is 190 g/mol. The van der Waals surface area contributed by atoms with Crippen LogP contribution in [0.4, 0.5) is 5.69 Å². The van der Waals surface area contributed by atoms with Crippen LogP contribution in [0.1, 0.15) is 13.8 Å². The van der Waals surface area contributed by atoms with Crippen LogP contribution in [-0.2, 0) is 4.79 Å². The van der Waals surface area contributed by atoms with Gasteiger partial charge in [0, 0.05) is 5.92 Å². The van der Waals surface area contributed by atoms with Gasteiger partial charge in [-0.05, 0) is 12.1 Å². The molecule has 0 radical (unpaired) electrons. The lowest BCUT2D eigenvalue weighted by Gasteiger charge is -2.30. The number of rotatable bonds is 1. The molecule has 0 N–H and O–H groups in total. The van der Waals surface area contributed by atoms with E-state index in [4.69, 9.17) is 4.74 Å². The molecule has 1 aromatic carbocycles. The van der Waals surface area contributed by atoms with Crippen molar-refractivity contribution >= 4 is 11.6 Å². The first-order chi connectivity index (χ1) is 7.20. The number of para-hydroxylation sites is 2. The summed E-state index contributed by atoms with van der Waals surface area (Å²) in [7, 11) is 0. The standard InChI is InChI=1S/C12H15NO2/c1-9(2)12(14)13-7-8-15-11-6-4-3-5-10(11)13/h3-6,9H,7-8H2,1-2H3. The van der Waals surface area contributed by atoms with Crippen LogP contribution in [0.2, 0.25) is 0 Å². The minimum Gasteiger partial charge on any atom is -0.490 e. The lowest BCUT2D eigenvalue weighted by atomic mass is 10.1. The zero-order valence-corrected chi connectivity index (χ0v) is 9.06. The molecule has 1 amide bonds. The van der Waals surface area contributed by atoms with Crippen molar-refractivity contribution in [3.05, 3.63) is 24.3 Å². The van der Waals surface area contributed by atoms with Gasteiger partial charge in [0.2, 0.25) is 5.91 Å². The quantitative estimate of drug-likeness (QED) is 0.702. The topological polar surface area (TPSA) is 29.5 Å². The van der Waals surface area contributed by atoms with Crippen molar-refractivity contribution in [3.8, 4) is 5.75 Å². The molecule has 1 aliphatic rings. The number of anilines is 1. The Morgan fingerprint density at radius 2 is 2.13 bits per heavy atom. The molecule has 0 aliphatic carbocycles. The van der Waals surface area contributed by atoms with Crippen molar-refractivity contribution in [2.75, 3.05) is 18.1 Å². The number of benzene rings is 1. The van der Waals surface area contributed by atoms with Gasteiger partial charge in [0.15, 0.2) is 0 Å². The summed E-state index contributed by atoms with van der Waals surface area (Å²) < 4.78 is 5.49. The van der Waals surface area contributed by atoms with E-state index >= 15 is 0 Å². The number of fused-ring (bicyclic) bond motifs is 1. The molecule has 0 atom stereocenters. The monoisotopic (exact) mass is 205 g/mol. The van der Waals surface area contributed by atoms with Gasteiger partial charge in [-0.3, -0.25) is 4.79 Å². The first kappa shape index (κ1) is 10.0. The maximum Gasteiger partial charge on any atom is 0.229 e. The summed E-state index contributed by atoms with van der Waals surface area (Å²) in [5.41, 5.74) is 0.891. The molecule has 0 spiro atoms. The van der Waals surface area contributed by atoms with Gasteiger partial charge in [-0.1, -0.05) is 26.0 Å². The summed E-state index contributed by atoms with van der Waals surface area (Å²) >= 11 is 0. The van der Waals surface area contributed by atoms with Crippen molar-refractivity contribution in [3.63, 3.8) is 0 Å². The molecule has 15 heavy (non-hydrogen) atoms. The van der Waals surface area contributed by atoms with Crippen molar-refractivity contribution in [1.29, 1.82) is 0 Å². The molecule has 1 aliphatic heterocycles. The van der Waals surface area contributed by atoms with Crippen LogP contribution in [-0.4, -0.2) is 19.1 Å². The average Bonchev–Trinajstić information content (AvgIpc) is 2.27. The van der Waals surface area contributed by atoms with E-state index in [0.717, 1.165) is 11.4 Å². The van der Waals surface area contributed by atoms with Gasteiger partial charge >= 0.3 is 0 Å². The highest BCUT2D eigenvalue weighted by Gasteiger charge is 2.24. The molecule has 1 heterocycles. The highest BCUT2D eigenvalue weighted by Crippen LogP contribution is 2.31. The first-order valence-electron chi connectivity index (χ1n) is 5.23. The number of carbonyl (C=O) groups is 1. The van der Waals surface area contributed by atoms with Crippen LogP contribution in [0.5, 0.6) is 5.75 Å². The van der Waals surface area contributed by atoms with Crippen molar-refractivity contribution in [2.45, 2.75) is 13.8 Å². The van der Waals surface area contributed by atoms with Crippen molar-refractivity contribution in [2.24, 2.45) is 5.92 Å². The molecule has 3 nitrogen and oxygen atoms in total. The summed E-state index contributed by atoms with van der Waals surface area (Å²) in [5, 5.41) is 0. The Morgan fingerprint density at radius 3 is 2.87 bits per heavy atom. The average molecular weight is 205 g/mol. The Kier molecular flexibility index (Phi) is 2.62. The summed E-state index contributed by atoms with van der Waals surface area (Å²) in [5.74, 6) is 0.986. The van der Waals surface area contributed by atoms with Crippen molar-refractivity contribution in [1.82, 2.24) is 0 Å². The minimum absolute atomic E-state index is 0.0242. The van der Waals surface area contributed by atoms with Crippen LogP contribution in [0, 0.1) is 5.92 Å². The van der Waals surface area contributed by atoms with E-state index < -0.39 is 0 Å². The third-order valence-electron chi connectivity index (χ3n) is 2.49. The van der Waals surface area contributed by atoms with Crippen LogP contribution in [0.25, 0.3) is 0 Å². The molecular formula is C12H15NO2. The minimum atomic E-state index is 0.0242. The lowest BCUT2D eigenvalue weighted by molar-refractivity contribution is -0.121. The van der Waals surface area contributed by atoms with E-state index in [9.17, 15) is 4.79 Å². The maximum atomic E-state index is 11.9. The van der Waals surface area contributed by atoms with Gasteiger partial charge < -0.3 is 9.64 Å². The van der Waals surface area contributed by atoms with Gasteiger partial charge in [-0.15, -0.1) is 0 Å². The van der Waals surface area contributed by atoms with E-state index in [1.54, 1.807) is 0 Å². The summed E-state index contributed by atoms with van der Waals surface area (Å²) in [6.07, 6.45) is 0. The number of ether oxygens (including phenoxy) is 1. The molecule has 0 fully saturated rings. The van der Waals surface area contributed by atoms with E-state index in [1.165, 1.54) is 0 Å². The maximum absolute atomic E-state index is 11.9. The molecule has 80 valence electrons. The zero-order valence-electron chi connectivity index (χ0n) is 9.06. The van der Waals surface area contributed by atoms with Crippen LogP contribution in [0.3, 0.4) is 0 Å². The molecule has 0 saturated heterocycles. The predicted octanol–water partition coefficient (Wildman–Crippen LogP) is 2.07. The Bertz CT molecular complexity index is 374. The molecule has 0 aromatic heterocycles. The van der Waals surface area contributed by atoms with E-state index in [0.29, 0.717) is 13.2 Å². The number of hydrogen-bond acceptors (Lipinski definition) is 2. The smallest absolute Gasteiger partial charge is 0.229 e. The second kappa shape index (κ2) is 3.93. The van der Waals surface area contributed by atoms with Gasteiger partial charge in [-0.25, -0.2) is 0 Å². The number of carbonyl (C=O) groups excluding carboxylic acids is 1. The van der Waals surface area contributed by atoms with Crippen LogP contribution < -0.4 is 9.64 Å². The predicted molar refractivity (Wildman–Crippen MR) is 59.1 cm³/mol. The lowest BCUT2D eigenvalue weighted by Crippen LogP contribution is -2.40. The summed E-state index contributed by atoms with van der Waals surface area (Å²) in [4.78, 5) is 13.7. The second-order valence-electron chi connectivity index (χ2n) is 3.96. The first-order valence-corrected chi connectivity index (χ1v) is 5.23. The van der Waals surface area contributed by atoms with Crippen molar-refractivity contribution < 1.29 is 9.53 Å². The second-order valence-corrected chi connectivity index (χ2v) is 3.96. The number of hydrogen-bond donors (Lipinski definition) is 0. The molecule has 0 unspecified atom stereocenters. The Hall–Kier alpha value is -1.51. The fraction of sp³-hybridized carbons (Fsp3) is 0.417. The highest BCUT2D eigenvalue weighted by atomic mass is 16.5. The summed E-state index contributed by atoms with van der Waals surface area (Å²) in [6, 6.07) is 7.67. The summed E-state index contributed by atoms with van der Waals surface area (Å²) in [6.45, 7) is 5.06. The van der Waals surface area contributed by atoms with E-state index in [1.807, 2.05) is 43.0 Å². The van der Waals surface area contributed by atoms with E-state index in [-0.39, 0.29) is 11.8 Å². The fourth-order valence-electron chi connectivity index (χ4n) is 1.71. The highest BCUT2D eigenvalue weighted by molar-refractivity contribution is 5.96. The molecule has 0 saturated carbocycles. The van der Waals surface area contributed by atoms with Crippen LogP contribution >= 0.6 is 0 Å². The molecule has 1 aromatic rings. The molecule has 3 heteroatoms. The van der Waals surface area contributed by atoms with E-state index in [2.05, 4.69) is 0 Å². The number of nitrogens with zero attached hydrogens (tertiary/aromatic N) is 1. The molecule has 2 rings (SSSR count). The van der Waals surface area contributed by atoms with Gasteiger partial charge in [0.05, 0.1) is 12.2 Å².